The Balaban J connectivity index is 3.36. The Hall–Kier alpha value is -1.76. The van der Waals surface area contributed by atoms with Gasteiger partial charge in [-0.25, -0.2) is 4.39 Å². The molecule has 4 heteroatoms. The highest BCUT2D eigenvalue weighted by Crippen LogP contribution is 2.24. The van der Waals surface area contributed by atoms with Crippen molar-refractivity contribution in [3.05, 3.63) is 23.5 Å². The summed E-state index contributed by atoms with van der Waals surface area (Å²) in [6.45, 7) is 0. The number of nitrogens with zero attached hydrogens (tertiary/aromatic N) is 1. The SMILES string of the molecule is COc1ccc(N)c(C#N)c1F. The second-order valence-electron chi connectivity index (χ2n) is 2.16. The third-order valence-electron chi connectivity index (χ3n) is 1.47. The lowest BCUT2D eigenvalue weighted by atomic mass is 10.2. The maximum absolute atomic E-state index is 13.1. The second-order valence-corrected chi connectivity index (χ2v) is 2.16. The topological polar surface area (TPSA) is 59.0 Å². The van der Waals surface area contributed by atoms with Gasteiger partial charge in [-0.3, -0.25) is 0 Å². The van der Waals surface area contributed by atoms with Gasteiger partial charge in [0.25, 0.3) is 0 Å². The van der Waals surface area contributed by atoms with Gasteiger partial charge in [-0.15, -0.1) is 0 Å². The van der Waals surface area contributed by atoms with Crippen LogP contribution in [0.2, 0.25) is 0 Å². The lowest BCUT2D eigenvalue weighted by molar-refractivity contribution is 0.386. The first-order valence-corrected chi connectivity index (χ1v) is 3.22. The van der Waals surface area contributed by atoms with Gasteiger partial charge in [0.15, 0.2) is 11.6 Å². The first-order chi connectivity index (χ1) is 5.70. The highest BCUT2D eigenvalue weighted by molar-refractivity contribution is 5.57. The van der Waals surface area contributed by atoms with E-state index in [0.29, 0.717) is 0 Å². The first kappa shape index (κ1) is 8.34. The van der Waals surface area contributed by atoms with Crippen molar-refractivity contribution in [3.8, 4) is 11.8 Å². The van der Waals surface area contributed by atoms with Crippen LogP contribution in [0.1, 0.15) is 5.56 Å². The average molecular weight is 166 g/mol. The van der Waals surface area contributed by atoms with Crippen LogP contribution in [0.25, 0.3) is 0 Å². The third kappa shape index (κ3) is 1.17. The monoisotopic (exact) mass is 166 g/mol. The molecule has 0 atom stereocenters. The number of halogens is 1. The van der Waals surface area contributed by atoms with Gasteiger partial charge in [0.1, 0.15) is 11.6 Å². The number of methoxy groups -OCH3 is 1. The van der Waals surface area contributed by atoms with E-state index >= 15 is 0 Å². The van der Waals surface area contributed by atoms with Gasteiger partial charge in [0.05, 0.1) is 12.8 Å². The zero-order valence-electron chi connectivity index (χ0n) is 6.47. The molecule has 0 radical (unpaired) electrons. The summed E-state index contributed by atoms with van der Waals surface area (Å²) in [7, 11) is 1.33. The third-order valence-corrected chi connectivity index (χ3v) is 1.47. The van der Waals surface area contributed by atoms with Crippen molar-refractivity contribution in [1.82, 2.24) is 0 Å². The number of nitrogen functional groups attached to an aromatic ring is 1. The summed E-state index contributed by atoms with van der Waals surface area (Å²) in [5.74, 6) is -0.680. The molecule has 0 fully saturated rings. The Morgan fingerprint density at radius 3 is 2.75 bits per heavy atom. The van der Waals surface area contributed by atoms with E-state index in [0.717, 1.165) is 0 Å². The molecule has 0 saturated carbocycles. The van der Waals surface area contributed by atoms with Crippen LogP contribution in [0, 0.1) is 17.1 Å². The normalized spacial score (nSPS) is 9.08. The van der Waals surface area contributed by atoms with E-state index in [1.165, 1.54) is 19.2 Å². The molecule has 0 amide bonds. The summed E-state index contributed by atoms with van der Waals surface area (Å²) in [6.07, 6.45) is 0. The van der Waals surface area contributed by atoms with Crippen molar-refractivity contribution in [2.75, 3.05) is 12.8 Å². The zero-order chi connectivity index (χ0) is 9.14. The zero-order valence-corrected chi connectivity index (χ0v) is 6.47. The number of benzene rings is 1. The van der Waals surface area contributed by atoms with E-state index in [1.807, 2.05) is 0 Å². The quantitative estimate of drug-likeness (QED) is 0.639. The standard InChI is InChI=1S/C8H7FN2O/c1-12-7-3-2-6(11)5(4-10)8(7)9/h2-3H,11H2,1H3. The molecule has 3 nitrogen and oxygen atoms in total. The minimum atomic E-state index is -0.708. The molecule has 1 rings (SSSR count). The molecule has 0 heterocycles. The Kier molecular flexibility index (Phi) is 2.15. The molecule has 1 aromatic rings. The van der Waals surface area contributed by atoms with E-state index in [9.17, 15) is 4.39 Å². The van der Waals surface area contributed by atoms with Crippen LogP contribution in [0.5, 0.6) is 5.75 Å². The van der Waals surface area contributed by atoms with E-state index in [2.05, 4.69) is 4.74 Å². The molecule has 0 aliphatic carbocycles. The van der Waals surface area contributed by atoms with E-state index in [1.54, 1.807) is 6.07 Å². The largest absolute Gasteiger partial charge is 0.494 e. The van der Waals surface area contributed by atoms with Gasteiger partial charge in [-0.2, -0.15) is 5.26 Å². The number of hydrogen-bond donors (Lipinski definition) is 1. The number of nitrogens with two attached hydrogens (primary N) is 1. The van der Waals surface area contributed by atoms with Crippen molar-refractivity contribution >= 4 is 5.69 Å². The summed E-state index contributed by atoms with van der Waals surface area (Å²) in [5.41, 5.74) is 5.29. The van der Waals surface area contributed by atoms with Gasteiger partial charge in [-0.05, 0) is 12.1 Å². The van der Waals surface area contributed by atoms with E-state index in [4.69, 9.17) is 11.0 Å². The first-order valence-electron chi connectivity index (χ1n) is 3.22. The number of nitriles is 1. The Bertz CT molecular complexity index is 344. The summed E-state index contributed by atoms with van der Waals surface area (Å²) in [6, 6.07) is 4.47. The molecule has 1 aromatic carbocycles. The lowest BCUT2D eigenvalue weighted by Crippen LogP contribution is -1.97. The van der Waals surface area contributed by atoms with Crippen LogP contribution in [0.15, 0.2) is 12.1 Å². The minimum absolute atomic E-state index is 0.0285. The van der Waals surface area contributed by atoms with Gasteiger partial charge >= 0.3 is 0 Å². The summed E-state index contributed by atoms with van der Waals surface area (Å²) in [5, 5.41) is 8.49. The molecule has 12 heavy (non-hydrogen) atoms. The molecule has 62 valence electrons. The Morgan fingerprint density at radius 1 is 1.58 bits per heavy atom. The van der Waals surface area contributed by atoms with Crippen LogP contribution in [0.3, 0.4) is 0 Å². The Morgan fingerprint density at radius 2 is 2.25 bits per heavy atom. The molecule has 0 saturated heterocycles. The maximum Gasteiger partial charge on any atom is 0.184 e. The highest BCUT2D eigenvalue weighted by Gasteiger charge is 2.10. The maximum atomic E-state index is 13.1. The molecule has 0 spiro atoms. The molecule has 0 unspecified atom stereocenters. The van der Waals surface area contributed by atoms with Crippen molar-refractivity contribution in [2.24, 2.45) is 0 Å². The minimum Gasteiger partial charge on any atom is -0.494 e. The lowest BCUT2D eigenvalue weighted by Gasteiger charge is -2.03. The number of hydrogen-bond acceptors (Lipinski definition) is 3. The van der Waals surface area contributed by atoms with Crippen molar-refractivity contribution in [2.45, 2.75) is 0 Å². The van der Waals surface area contributed by atoms with Gasteiger partial charge < -0.3 is 10.5 Å². The predicted octanol–water partition coefficient (Wildman–Crippen LogP) is 1.29. The van der Waals surface area contributed by atoms with Crippen LogP contribution < -0.4 is 10.5 Å². The molecule has 0 aliphatic rings. The van der Waals surface area contributed by atoms with Gasteiger partial charge in [0, 0.05) is 0 Å². The average Bonchev–Trinajstić information content (AvgIpc) is 2.06. The molecule has 0 bridgehead atoms. The van der Waals surface area contributed by atoms with Crippen molar-refractivity contribution in [3.63, 3.8) is 0 Å². The molecule has 2 N–H and O–H groups in total. The van der Waals surface area contributed by atoms with Crippen LogP contribution >= 0.6 is 0 Å². The predicted molar refractivity (Wildman–Crippen MR) is 42.1 cm³/mol. The number of ether oxygens (including phenoxy) is 1. The number of rotatable bonds is 1. The van der Waals surface area contributed by atoms with Gasteiger partial charge in [-0.1, -0.05) is 0 Å². The van der Waals surface area contributed by atoms with E-state index in [-0.39, 0.29) is 17.0 Å². The highest BCUT2D eigenvalue weighted by atomic mass is 19.1. The Labute approximate surface area is 69.2 Å². The molecule has 0 aliphatic heterocycles. The molecular formula is C8H7FN2O. The second kappa shape index (κ2) is 3.09. The van der Waals surface area contributed by atoms with Crippen LogP contribution in [-0.2, 0) is 0 Å². The smallest absolute Gasteiger partial charge is 0.184 e. The summed E-state index contributed by atoms with van der Waals surface area (Å²) >= 11 is 0. The fourth-order valence-electron chi connectivity index (χ4n) is 0.843. The fourth-order valence-corrected chi connectivity index (χ4v) is 0.843. The van der Waals surface area contributed by atoms with Crippen LogP contribution in [0.4, 0.5) is 10.1 Å². The molecular weight excluding hydrogens is 159 g/mol. The van der Waals surface area contributed by atoms with Crippen LogP contribution in [-0.4, -0.2) is 7.11 Å². The van der Waals surface area contributed by atoms with Crippen molar-refractivity contribution in [1.29, 1.82) is 5.26 Å². The van der Waals surface area contributed by atoms with E-state index < -0.39 is 5.82 Å². The van der Waals surface area contributed by atoms with Crippen molar-refractivity contribution < 1.29 is 9.13 Å². The molecule has 0 aromatic heterocycles. The van der Waals surface area contributed by atoms with Gasteiger partial charge in [0.2, 0.25) is 0 Å². The summed E-state index contributed by atoms with van der Waals surface area (Å²) < 4.78 is 17.8. The number of anilines is 1. The summed E-state index contributed by atoms with van der Waals surface area (Å²) in [4.78, 5) is 0. The fraction of sp³-hybridized carbons (Fsp3) is 0.125.